The molecule has 1 unspecified atom stereocenters. The lowest BCUT2D eigenvalue weighted by Gasteiger charge is -2.29. The Kier molecular flexibility index (Phi) is 4.54. The van der Waals surface area contributed by atoms with Crippen LogP contribution in [0, 0.1) is 5.92 Å². The van der Waals surface area contributed by atoms with Crippen molar-refractivity contribution < 1.29 is 40.3 Å². The molecule has 0 aromatic carbocycles. The van der Waals surface area contributed by atoms with Gasteiger partial charge in [0.25, 0.3) is 5.78 Å². The molecule has 9 heteroatoms. The molecule has 0 aliphatic rings. The lowest BCUT2D eigenvalue weighted by atomic mass is 9.91. The number of carbonyl (C=O) groups excluding carboxylic acids is 2. The summed E-state index contributed by atoms with van der Waals surface area (Å²) in [4.78, 5) is 20.9. The van der Waals surface area contributed by atoms with Crippen molar-refractivity contribution in [3.8, 4) is 0 Å². The predicted octanol–water partition coefficient (Wildman–Crippen LogP) is 3.00. The molecular formula is C9H9F7O2. The van der Waals surface area contributed by atoms with E-state index in [2.05, 4.69) is 0 Å². The maximum absolute atomic E-state index is 13.1. The third-order valence-corrected chi connectivity index (χ3v) is 2.40. The molecule has 0 saturated carbocycles. The fourth-order valence-electron chi connectivity index (χ4n) is 0.989. The fraction of sp³-hybridized carbons (Fsp3) is 0.778. The normalized spacial score (nSPS) is 15.4. The predicted molar refractivity (Wildman–Crippen MR) is 45.4 cm³/mol. The Morgan fingerprint density at radius 2 is 1.33 bits per heavy atom. The van der Waals surface area contributed by atoms with Crippen molar-refractivity contribution in [2.75, 3.05) is 0 Å². The van der Waals surface area contributed by atoms with E-state index in [0.29, 0.717) is 6.92 Å². The Morgan fingerprint density at radius 1 is 0.944 bits per heavy atom. The second-order valence-corrected chi connectivity index (χ2v) is 3.66. The van der Waals surface area contributed by atoms with Crippen molar-refractivity contribution >= 4 is 11.6 Å². The van der Waals surface area contributed by atoms with Crippen molar-refractivity contribution in [1.29, 1.82) is 0 Å². The summed E-state index contributed by atoms with van der Waals surface area (Å²) in [5, 5.41) is 0. The van der Waals surface area contributed by atoms with Gasteiger partial charge in [0.15, 0.2) is 0 Å². The zero-order valence-corrected chi connectivity index (χ0v) is 9.25. The Morgan fingerprint density at radius 3 is 1.61 bits per heavy atom. The van der Waals surface area contributed by atoms with Crippen LogP contribution in [0.4, 0.5) is 30.7 Å². The molecule has 0 radical (unpaired) electrons. The van der Waals surface area contributed by atoms with Crippen molar-refractivity contribution in [3.05, 3.63) is 0 Å². The summed E-state index contributed by atoms with van der Waals surface area (Å²) < 4.78 is 87.5. The maximum atomic E-state index is 13.1. The highest BCUT2D eigenvalue weighted by atomic mass is 19.4. The number of carbonyl (C=O) groups is 2. The zero-order chi connectivity index (χ0) is 14.9. The number of hydrogen-bond donors (Lipinski definition) is 0. The van der Waals surface area contributed by atoms with E-state index in [9.17, 15) is 40.3 Å². The SMILES string of the molecule is CCC(C)C(F)(F)C(F)(F)C(=O)C(=O)C(F)(F)F. The first-order valence-corrected chi connectivity index (χ1v) is 4.71. The van der Waals surface area contributed by atoms with Crippen molar-refractivity contribution in [3.63, 3.8) is 0 Å². The van der Waals surface area contributed by atoms with Gasteiger partial charge in [0.05, 0.1) is 0 Å². The smallest absolute Gasteiger partial charge is 0.283 e. The maximum Gasteiger partial charge on any atom is 0.458 e. The Labute approximate surface area is 97.1 Å². The first-order chi connectivity index (χ1) is 7.80. The van der Waals surface area contributed by atoms with E-state index in [1.165, 1.54) is 0 Å². The van der Waals surface area contributed by atoms with Crippen LogP contribution >= 0.6 is 0 Å². The number of halogens is 7. The third-order valence-electron chi connectivity index (χ3n) is 2.40. The van der Waals surface area contributed by atoms with Crippen molar-refractivity contribution in [1.82, 2.24) is 0 Å². The first kappa shape index (κ1) is 16.9. The number of hydrogen-bond acceptors (Lipinski definition) is 2. The average molecular weight is 282 g/mol. The van der Waals surface area contributed by atoms with Gasteiger partial charge >= 0.3 is 23.8 Å². The highest BCUT2D eigenvalue weighted by molar-refractivity contribution is 6.42. The molecule has 0 saturated heterocycles. The number of rotatable bonds is 5. The minimum Gasteiger partial charge on any atom is -0.283 e. The molecular weight excluding hydrogens is 273 g/mol. The van der Waals surface area contributed by atoms with E-state index in [1.807, 2.05) is 0 Å². The highest BCUT2D eigenvalue weighted by Crippen LogP contribution is 2.43. The van der Waals surface area contributed by atoms with Gasteiger partial charge in [-0.2, -0.15) is 30.7 Å². The van der Waals surface area contributed by atoms with Gasteiger partial charge in [-0.15, -0.1) is 0 Å². The lowest BCUT2D eigenvalue weighted by molar-refractivity contribution is -0.231. The molecule has 0 N–H and O–H groups in total. The molecule has 0 rings (SSSR count). The summed E-state index contributed by atoms with van der Waals surface area (Å²) in [6.07, 6.45) is -6.41. The minimum absolute atomic E-state index is 0.504. The molecule has 0 heterocycles. The van der Waals surface area contributed by atoms with Crippen LogP contribution in [0.25, 0.3) is 0 Å². The van der Waals surface area contributed by atoms with E-state index in [0.717, 1.165) is 6.92 Å². The van der Waals surface area contributed by atoms with Gasteiger partial charge in [0, 0.05) is 5.92 Å². The van der Waals surface area contributed by atoms with Gasteiger partial charge < -0.3 is 0 Å². The van der Waals surface area contributed by atoms with Crippen molar-refractivity contribution in [2.45, 2.75) is 38.3 Å². The van der Waals surface area contributed by atoms with Crippen LogP contribution in [0.15, 0.2) is 0 Å². The van der Waals surface area contributed by atoms with Crippen LogP contribution < -0.4 is 0 Å². The van der Waals surface area contributed by atoms with Crippen LogP contribution in [-0.2, 0) is 9.59 Å². The van der Waals surface area contributed by atoms with E-state index in [1.54, 1.807) is 0 Å². The van der Waals surface area contributed by atoms with Gasteiger partial charge in [0.2, 0.25) is 0 Å². The Balaban J connectivity index is 5.40. The third kappa shape index (κ3) is 2.81. The first-order valence-electron chi connectivity index (χ1n) is 4.71. The summed E-state index contributed by atoms with van der Waals surface area (Å²) in [6, 6.07) is 0. The molecule has 0 fully saturated rings. The molecule has 18 heavy (non-hydrogen) atoms. The molecule has 2 nitrogen and oxygen atoms in total. The number of ketones is 2. The molecule has 0 amide bonds. The highest BCUT2D eigenvalue weighted by Gasteiger charge is 2.67. The molecule has 0 aromatic rings. The van der Waals surface area contributed by atoms with E-state index in [4.69, 9.17) is 0 Å². The van der Waals surface area contributed by atoms with E-state index < -0.39 is 41.9 Å². The largest absolute Gasteiger partial charge is 0.458 e. The molecule has 106 valence electrons. The standard InChI is InChI=1S/C9H9F7O2/c1-3-4(2)7(10,11)8(12,13)5(17)6(18)9(14,15)16/h4H,3H2,1-2H3. The topological polar surface area (TPSA) is 34.1 Å². The van der Waals surface area contributed by atoms with Gasteiger partial charge in [-0.3, -0.25) is 9.59 Å². The van der Waals surface area contributed by atoms with Gasteiger partial charge in [-0.1, -0.05) is 13.8 Å². The fourth-order valence-corrected chi connectivity index (χ4v) is 0.989. The second-order valence-electron chi connectivity index (χ2n) is 3.66. The van der Waals surface area contributed by atoms with Crippen LogP contribution in [0.2, 0.25) is 0 Å². The van der Waals surface area contributed by atoms with Gasteiger partial charge in [-0.25, -0.2) is 0 Å². The zero-order valence-electron chi connectivity index (χ0n) is 9.25. The summed E-state index contributed by atoms with van der Waals surface area (Å²) >= 11 is 0. The molecule has 0 spiro atoms. The van der Waals surface area contributed by atoms with E-state index >= 15 is 0 Å². The van der Waals surface area contributed by atoms with Crippen LogP contribution in [0.5, 0.6) is 0 Å². The lowest BCUT2D eigenvalue weighted by Crippen LogP contribution is -2.55. The minimum atomic E-state index is -5.91. The Bertz CT molecular complexity index is 345. The average Bonchev–Trinajstić information content (AvgIpc) is 2.23. The van der Waals surface area contributed by atoms with Crippen LogP contribution in [-0.4, -0.2) is 29.6 Å². The van der Waals surface area contributed by atoms with Gasteiger partial charge in [-0.05, 0) is 6.42 Å². The molecule has 0 aromatic heterocycles. The summed E-state index contributed by atoms with van der Waals surface area (Å²) in [5.41, 5.74) is 0. The van der Waals surface area contributed by atoms with Crippen LogP contribution in [0.1, 0.15) is 20.3 Å². The number of alkyl halides is 7. The second kappa shape index (κ2) is 4.85. The van der Waals surface area contributed by atoms with Gasteiger partial charge in [0.1, 0.15) is 0 Å². The quantitative estimate of drug-likeness (QED) is 0.574. The summed E-state index contributed by atoms with van der Waals surface area (Å²) in [5.74, 6) is -19.7. The number of Topliss-reactive ketones (excluding diaryl/α,β-unsaturated/α-hetero) is 2. The van der Waals surface area contributed by atoms with E-state index in [-0.39, 0.29) is 0 Å². The molecule has 1 atom stereocenters. The summed E-state index contributed by atoms with van der Waals surface area (Å²) in [7, 11) is 0. The van der Waals surface area contributed by atoms with Crippen molar-refractivity contribution in [2.24, 2.45) is 5.92 Å². The molecule has 0 aliphatic carbocycles. The molecule has 0 bridgehead atoms. The molecule has 0 aliphatic heterocycles. The monoisotopic (exact) mass is 282 g/mol. The van der Waals surface area contributed by atoms with Crippen LogP contribution in [0.3, 0.4) is 0 Å². The summed E-state index contributed by atoms with van der Waals surface area (Å²) in [6.45, 7) is 1.73. The Hall–Kier alpha value is -1.15.